The molecule has 0 saturated carbocycles. The largest absolute Gasteiger partial charge is 0.357 e. The molecule has 2 rings (SSSR count). The third kappa shape index (κ3) is 3.40. The van der Waals surface area contributed by atoms with Gasteiger partial charge in [0.1, 0.15) is 0 Å². The van der Waals surface area contributed by atoms with Crippen LogP contribution >= 0.6 is 22.6 Å². The SMILES string of the molecule is Cc1cc(=O)c(CNC(=O)I)c(-c2ccccn2)[nH]1. The maximum atomic E-state index is 12.0. The fourth-order valence-corrected chi connectivity index (χ4v) is 1.97. The Morgan fingerprint density at radius 1 is 1.47 bits per heavy atom. The van der Waals surface area contributed by atoms with Gasteiger partial charge in [0.2, 0.25) is 0 Å². The number of pyridine rings is 2. The Morgan fingerprint density at radius 2 is 2.26 bits per heavy atom. The number of aryl methyl sites for hydroxylation is 1. The first-order valence-corrected chi connectivity index (χ1v) is 6.73. The minimum Gasteiger partial charge on any atom is -0.357 e. The number of hydrogen-bond donors (Lipinski definition) is 2. The summed E-state index contributed by atoms with van der Waals surface area (Å²) in [6.45, 7) is 2.00. The van der Waals surface area contributed by atoms with E-state index in [9.17, 15) is 9.59 Å². The molecule has 0 aromatic carbocycles. The highest BCUT2D eigenvalue weighted by atomic mass is 127. The van der Waals surface area contributed by atoms with Gasteiger partial charge in [0.15, 0.2) is 5.43 Å². The maximum Gasteiger partial charge on any atom is 0.280 e. The van der Waals surface area contributed by atoms with Gasteiger partial charge in [-0.1, -0.05) is 6.07 Å². The number of aromatic amines is 1. The molecule has 0 radical (unpaired) electrons. The van der Waals surface area contributed by atoms with E-state index in [1.165, 1.54) is 6.07 Å². The molecule has 5 nitrogen and oxygen atoms in total. The number of nitrogens with zero attached hydrogens (tertiary/aromatic N) is 1. The van der Waals surface area contributed by atoms with E-state index in [4.69, 9.17) is 0 Å². The van der Waals surface area contributed by atoms with E-state index < -0.39 is 0 Å². The van der Waals surface area contributed by atoms with Crippen molar-refractivity contribution in [1.29, 1.82) is 0 Å². The Morgan fingerprint density at radius 3 is 2.89 bits per heavy atom. The number of carbonyl (C=O) groups excluding carboxylic acids is 1. The van der Waals surface area contributed by atoms with Crippen LogP contribution in [0, 0.1) is 6.92 Å². The lowest BCUT2D eigenvalue weighted by atomic mass is 10.1. The smallest absolute Gasteiger partial charge is 0.280 e. The molecule has 2 N–H and O–H groups in total. The van der Waals surface area contributed by atoms with Crippen molar-refractivity contribution in [3.05, 3.63) is 51.9 Å². The van der Waals surface area contributed by atoms with Crippen molar-refractivity contribution in [2.45, 2.75) is 13.5 Å². The number of nitrogens with one attached hydrogen (secondary N) is 2. The normalized spacial score (nSPS) is 10.2. The highest BCUT2D eigenvalue weighted by Crippen LogP contribution is 2.17. The van der Waals surface area contributed by atoms with Gasteiger partial charge in [-0.3, -0.25) is 14.6 Å². The van der Waals surface area contributed by atoms with Crippen LogP contribution in [0.15, 0.2) is 35.3 Å². The number of rotatable bonds is 3. The summed E-state index contributed by atoms with van der Waals surface area (Å²) in [5.41, 5.74) is 2.49. The molecule has 2 heterocycles. The van der Waals surface area contributed by atoms with Gasteiger partial charge in [0, 0.05) is 52.7 Å². The summed E-state index contributed by atoms with van der Waals surface area (Å²) in [5, 5.41) is 2.63. The van der Waals surface area contributed by atoms with Crippen LogP contribution in [0.2, 0.25) is 0 Å². The lowest BCUT2D eigenvalue weighted by Gasteiger charge is -2.10. The molecule has 0 fully saturated rings. The van der Waals surface area contributed by atoms with Crippen LogP contribution in [-0.4, -0.2) is 13.9 Å². The van der Waals surface area contributed by atoms with Crippen LogP contribution in [0.3, 0.4) is 0 Å². The lowest BCUT2D eigenvalue weighted by Crippen LogP contribution is -2.22. The maximum absolute atomic E-state index is 12.0. The first kappa shape index (κ1) is 13.7. The van der Waals surface area contributed by atoms with Crippen molar-refractivity contribution < 1.29 is 4.79 Å². The predicted octanol–water partition coefficient (Wildman–Crippen LogP) is 2.39. The van der Waals surface area contributed by atoms with E-state index >= 15 is 0 Å². The van der Waals surface area contributed by atoms with E-state index in [0.29, 0.717) is 17.0 Å². The Kier molecular flexibility index (Phi) is 4.31. The molecular formula is C13H12IN3O2. The first-order valence-electron chi connectivity index (χ1n) is 5.65. The first-order chi connectivity index (χ1) is 9.08. The van der Waals surface area contributed by atoms with Crippen molar-refractivity contribution in [2.75, 3.05) is 0 Å². The number of carbonyl (C=O) groups is 1. The van der Waals surface area contributed by atoms with Crippen molar-refractivity contribution in [3.63, 3.8) is 0 Å². The third-order valence-corrected chi connectivity index (χ3v) is 2.98. The van der Waals surface area contributed by atoms with E-state index in [-0.39, 0.29) is 15.9 Å². The molecule has 6 heteroatoms. The summed E-state index contributed by atoms with van der Waals surface area (Å²) in [4.78, 5) is 30.4. The van der Waals surface area contributed by atoms with Gasteiger partial charge in [-0.25, -0.2) is 0 Å². The third-order valence-electron chi connectivity index (χ3n) is 2.59. The van der Waals surface area contributed by atoms with E-state index in [1.807, 2.05) is 25.1 Å². The molecule has 0 saturated heterocycles. The topological polar surface area (TPSA) is 74.8 Å². The monoisotopic (exact) mass is 369 g/mol. The summed E-state index contributed by atoms with van der Waals surface area (Å²) < 4.78 is -0.204. The number of halogens is 1. The molecule has 0 spiro atoms. The minimum atomic E-state index is -0.204. The van der Waals surface area contributed by atoms with Gasteiger partial charge in [-0.15, -0.1) is 0 Å². The molecule has 2 aromatic rings. The molecule has 0 bridgehead atoms. The second-order valence-electron chi connectivity index (χ2n) is 4.01. The number of hydrogen-bond acceptors (Lipinski definition) is 3. The van der Waals surface area contributed by atoms with Gasteiger partial charge in [-0.05, 0) is 19.1 Å². The number of amides is 1. The fraction of sp³-hybridized carbons (Fsp3) is 0.154. The molecule has 2 aromatic heterocycles. The van der Waals surface area contributed by atoms with E-state index in [2.05, 4.69) is 15.3 Å². The Balaban J connectivity index is 2.52. The van der Waals surface area contributed by atoms with Crippen LogP contribution in [0.25, 0.3) is 11.4 Å². The average Bonchev–Trinajstić information content (AvgIpc) is 2.37. The summed E-state index contributed by atoms with van der Waals surface area (Å²) in [6.07, 6.45) is 1.66. The Hall–Kier alpha value is -1.70. The predicted molar refractivity (Wildman–Crippen MR) is 81.3 cm³/mol. The lowest BCUT2D eigenvalue weighted by molar-refractivity contribution is 0.262. The standard InChI is InChI=1S/C13H12IN3O2/c1-8-6-11(18)9(7-16-13(14)19)12(17-8)10-4-2-3-5-15-10/h2-6H,7H2,1H3,(H,16,19)(H,17,18). The second-order valence-corrected chi connectivity index (χ2v) is 4.99. The molecule has 19 heavy (non-hydrogen) atoms. The summed E-state index contributed by atoms with van der Waals surface area (Å²) in [7, 11) is 0. The minimum absolute atomic E-state index is 0.109. The quantitative estimate of drug-likeness (QED) is 0.496. The number of H-pyrrole nitrogens is 1. The van der Waals surface area contributed by atoms with Crippen LogP contribution in [-0.2, 0) is 6.54 Å². The zero-order valence-electron chi connectivity index (χ0n) is 10.2. The van der Waals surface area contributed by atoms with Gasteiger partial charge in [0.25, 0.3) is 3.91 Å². The van der Waals surface area contributed by atoms with Crippen LogP contribution in [0.5, 0.6) is 0 Å². The molecule has 0 aliphatic heterocycles. The van der Waals surface area contributed by atoms with Gasteiger partial charge >= 0.3 is 0 Å². The summed E-state index contributed by atoms with van der Waals surface area (Å²) in [6, 6.07) is 6.99. The fourth-order valence-electron chi connectivity index (χ4n) is 1.78. The molecule has 0 aliphatic carbocycles. The Bertz CT molecular complexity index is 653. The average molecular weight is 369 g/mol. The molecule has 98 valence electrons. The van der Waals surface area contributed by atoms with Crippen LogP contribution in [0.4, 0.5) is 4.79 Å². The highest BCUT2D eigenvalue weighted by molar-refractivity contribution is 14.1. The molecule has 0 unspecified atom stereocenters. The zero-order chi connectivity index (χ0) is 13.8. The van der Waals surface area contributed by atoms with Gasteiger partial charge in [-0.2, -0.15) is 0 Å². The molecular weight excluding hydrogens is 357 g/mol. The van der Waals surface area contributed by atoms with Crippen molar-refractivity contribution in [3.8, 4) is 11.4 Å². The van der Waals surface area contributed by atoms with Crippen LogP contribution < -0.4 is 10.7 Å². The molecule has 0 atom stereocenters. The zero-order valence-corrected chi connectivity index (χ0v) is 12.4. The van der Waals surface area contributed by atoms with E-state index in [1.54, 1.807) is 28.8 Å². The second kappa shape index (κ2) is 5.96. The van der Waals surface area contributed by atoms with Gasteiger partial charge < -0.3 is 10.3 Å². The number of aromatic nitrogens is 2. The molecule has 1 amide bonds. The summed E-state index contributed by atoms with van der Waals surface area (Å²) >= 11 is 1.64. The van der Waals surface area contributed by atoms with Crippen molar-refractivity contribution in [1.82, 2.24) is 15.3 Å². The van der Waals surface area contributed by atoms with E-state index in [0.717, 1.165) is 5.69 Å². The van der Waals surface area contributed by atoms with Crippen molar-refractivity contribution in [2.24, 2.45) is 0 Å². The van der Waals surface area contributed by atoms with Crippen molar-refractivity contribution >= 4 is 26.5 Å². The summed E-state index contributed by atoms with van der Waals surface area (Å²) in [5.74, 6) is 0. The van der Waals surface area contributed by atoms with Crippen LogP contribution in [0.1, 0.15) is 11.3 Å². The van der Waals surface area contributed by atoms with Gasteiger partial charge in [0.05, 0.1) is 11.4 Å². The molecule has 0 aliphatic rings. The Labute approximate surface area is 123 Å². The highest BCUT2D eigenvalue weighted by Gasteiger charge is 2.12.